The SMILES string of the molecule is O=C(Cc1ccccc1Cl)N1CCCC1CCCCl. The van der Waals surface area contributed by atoms with Gasteiger partial charge in [0, 0.05) is 23.5 Å². The topological polar surface area (TPSA) is 20.3 Å². The normalized spacial score (nSPS) is 18.8. The first-order chi connectivity index (χ1) is 9.22. The standard InChI is InChI=1S/C15H19Cl2NO/c16-9-3-6-13-7-4-10-18(13)15(19)11-12-5-1-2-8-14(12)17/h1-2,5,8,13H,3-4,6-7,9-11H2. The molecule has 0 radical (unpaired) electrons. The van der Waals surface area contributed by atoms with E-state index in [0.29, 0.717) is 23.4 Å². The number of carbonyl (C=O) groups is 1. The number of nitrogens with zero attached hydrogens (tertiary/aromatic N) is 1. The minimum atomic E-state index is 0.185. The fraction of sp³-hybridized carbons (Fsp3) is 0.533. The number of halogens is 2. The highest BCUT2D eigenvalue weighted by Crippen LogP contribution is 2.24. The van der Waals surface area contributed by atoms with E-state index in [1.165, 1.54) is 0 Å². The average molecular weight is 300 g/mol. The summed E-state index contributed by atoms with van der Waals surface area (Å²) in [7, 11) is 0. The van der Waals surface area contributed by atoms with Crippen LogP contribution in [0.4, 0.5) is 0 Å². The predicted octanol–water partition coefficient (Wildman–Crippen LogP) is 3.89. The third-order valence-corrected chi connectivity index (χ3v) is 4.30. The lowest BCUT2D eigenvalue weighted by atomic mass is 10.1. The third-order valence-electron chi connectivity index (χ3n) is 3.67. The van der Waals surface area contributed by atoms with Gasteiger partial charge in [0.25, 0.3) is 0 Å². The summed E-state index contributed by atoms with van der Waals surface area (Å²) in [6, 6.07) is 7.93. The largest absolute Gasteiger partial charge is 0.339 e. The highest BCUT2D eigenvalue weighted by Gasteiger charge is 2.28. The van der Waals surface area contributed by atoms with Crippen molar-refractivity contribution in [3.05, 3.63) is 34.9 Å². The Morgan fingerprint density at radius 1 is 1.37 bits per heavy atom. The third kappa shape index (κ3) is 3.87. The van der Waals surface area contributed by atoms with Crippen molar-refractivity contribution in [2.75, 3.05) is 12.4 Å². The van der Waals surface area contributed by atoms with E-state index in [-0.39, 0.29) is 5.91 Å². The van der Waals surface area contributed by atoms with Gasteiger partial charge in [0.1, 0.15) is 0 Å². The molecule has 2 nitrogen and oxygen atoms in total. The van der Waals surface area contributed by atoms with Crippen LogP contribution >= 0.6 is 23.2 Å². The molecule has 0 bridgehead atoms. The molecule has 0 saturated carbocycles. The summed E-state index contributed by atoms with van der Waals surface area (Å²) >= 11 is 11.8. The number of rotatable bonds is 5. The Morgan fingerprint density at radius 2 is 2.16 bits per heavy atom. The molecule has 1 aliphatic rings. The van der Waals surface area contributed by atoms with Crippen molar-refractivity contribution in [1.29, 1.82) is 0 Å². The van der Waals surface area contributed by atoms with Gasteiger partial charge in [0.05, 0.1) is 6.42 Å². The molecular weight excluding hydrogens is 281 g/mol. The summed E-state index contributed by atoms with van der Waals surface area (Å²) in [5.41, 5.74) is 0.914. The van der Waals surface area contributed by atoms with Gasteiger partial charge in [-0.15, -0.1) is 11.6 Å². The van der Waals surface area contributed by atoms with Crippen LogP contribution in [0.3, 0.4) is 0 Å². The Bertz CT molecular complexity index is 436. The Kier molecular flexibility index (Phi) is 5.53. The van der Waals surface area contributed by atoms with Crippen LogP contribution in [0.5, 0.6) is 0 Å². The Hall–Kier alpha value is -0.730. The van der Waals surface area contributed by atoms with E-state index in [4.69, 9.17) is 23.2 Å². The summed E-state index contributed by atoms with van der Waals surface area (Å²) in [6.07, 6.45) is 4.59. The van der Waals surface area contributed by atoms with Crippen LogP contribution in [-0.2, 0) is 11.2 Å². The average Bonchev–Trinajstić information content (AvgIpc) is 2.87. The van der Waals surface area contributed by atoms with Crippen molar-refractivity contribution < 1.29 is 4.79 Å². The molecule has 4 heteroatoms. The maximum atomic E-state index is 12.4. The molecule has 104 valence electrons. The molecular formula is C15H19Cl2NO. The van der Waals surface area contributed by atoms with Gasteiger partial charge in [-0.05, 0) is 37.3 Å². The predicted molar refractivity (Wildman–Crippen MR) is 79.8 cm³/mol. The fourth-order valence-electron chi connectivity index (χ4n) is 2.68. The number of hydrogen-bond acceptors (Lipinski definition) is 1. The second kappa shape index (κ2) is 7.16. The second-order valence-corrected chi connectivity index (χ2v) is 5.77. The van der Waals surface area contributed by atoms with Gasteiger partial charge in [0.15, 0.2) is 0 Å². The van der Waals surface area contributed by atoms with Crippen molar-refractivity contribution >= 4 is 29.1 Å². The summed E-state index contributed by atoms with van der Waals surface area (Å²) in [6.45, 7) is 0.871. The van der Waals surface area contributed by atoms with Crippen molar-refractivity contribution in [2.45, 2.75) is 38.1 Å². The van der Waals surface area contributed by atoms with E-state index in [2.05, 4.69) is 0 Å². The first kappa shape index (κ1) is 14.7. The number of alkyl halides is 1. The summed E-state index contributed by atoms with van der Waals surface area (Å²) in [5, 5.41) is 0.673. The van der Waals surface area contributed by atoms with Crippen LogP contribution in [0, 0.1) is 0 Å². The van der Waals surface area contributed by atoms with E-state index >= 15 is 0 Å². The Morgan fingerprint density at radius 3 is 2.89 bits per heavy atom. The van der Waals surface area contributed by atoms with Gasteiger partial charge in [-0.25, -0.2) is 0 Å². The Balaban J connectivity index is 1.97. The first-order valence-electron chi connectivity index (χ1n) is 6.81. The van der Waals surface area contributed by atoms with Gasteiger partial charge in [-0.3, -0.25) is 4.79 Å². The molecule has 1 aromatic rings. The summed E-state index contributed by atoms with van der Waals surface area (Å²) < 4.78 is 0. The van der Waals surface area contributed by atoms with E-state index in [0.717, 1.165) is 37.8 Å². The Labute approximate surface area is 124 Å². The van der Waals surface area contributed by atoms with Crippen LogP contribution in [0.25, 0.3) is 0 Å². The molecule has 1 aromatic carbocycles. The summed E-state index contributed by atoms with van der Waals surface area (Å²) in [5.74, 6) is 0.855. The smallest absolute Gasteiger partial charge is 0.227 e. The van der Waals surface area contributed by atoms with Crippen molar-refractivity contribution in [2.24, 2.45) is 0 Å². The fourth-order valence-corrected chi connectivity index (χ4v) is 3.04. The second-order valence-electron chi connectivity index (χ2n) is 4.98. The quantitative estimate of drug-likeness (QED) is 0.755. The molecule has 1 amide bonds. The van der Waals surface area contributed by atoms with Crippen molar-refractivity contribution in [1.82, 2.24) is 4.90 Å². The van der Waals surface area contributed by atoms with Gasteiger partial charge >= 0.3 is 0 Å². The molecule has 0 spiro atoms. The van der Waals surface area contributed by atoms with Gasteiger partial charge in [-0.2, -0.15) is 0 Å². The lowest BCUT2D eigenvalue weighted by Gasteiger charge is -2.24. The van der Waals surface area contributed by atoms with Crippen LogP contribution < -0.4 is 0 Å². The van der Waals surface area contributed by atoms with E-state index in [1.807, 2.05) is 29.2 Å². The lowest BCUT2D eigenvalue weighted by Crippen LogP contribution is -2.36. The molecule has 0 N–H and O–H groups in total. The molecule has 0 aromatic heterocycles. The molecule has 0 aliphatic carbocycles. The zero-order valence-electron chi connectivity index (χ0n) is 10.9. The zero-order valence-corrected chi connectivity index (χ0v) is 12.5. The van der Waals surface area contributed by atoms with E-state index < -0.39 is 0 Å². The number of benzene rings is 1. The molecule has 19 heavy (non-hydrogen) atoms. The molecule has 1 heterocycles. The van der Waals surface area contributed by atoms with Crippen LogP contribution in [0.2, 0.25) is 5.02 Å². The number of hydrogen-bond donors (Lipinski definition) is 0. The minimum Gasteiger partial charge on any atom is -0.339 e. The molecule has 1 saturated heterocycles. The van der Waals surface area contributed by atoms with Crippen LogP contribution in [-0.4, -0.2) is 29.3 Å². The maximum Gasteiger partial charge on any atom is 0.227 e. The molecule has 1 unspecified atom stereocenters. The number of amides is 1. The highest BCUT2D eigenvalue weighted by atomic mass is 35.5. The van der Waals surface area contributed by atoms with Gasteiger partial charge in [0.2, 0.25) is 5.91 Å². The van der Waals surface area contributed by atoms with Gasteiger partial charge in [-0.1, -0.05) is 29.8 Å². The van der Waals surface area contributed by atoms with Gasteiger partial charge < -0.3 is 4.90 Å². The van der Waals surface area contributed by atoms with Crippen molar-refractivity contribution in [3.8, 4) is 0 Å². The van der Waals surface area contributed by atoms with Crippen LogP contribution in [0.15, 0.2) is 24.3 Å². The van der Waals surface area contributed by atoms with E-state index in [9.17, 15) is 4.79 Å². The number of likely N-dealkylation sites (tertiary alicyclic amines) is 1. The first-order valence-corrected chi connectivity index (χ1v) is 7.72. The maximum absolute atomic E-state index is 12.4. The number of carbonyl (C=O) groups excluding carboxylic acids is 1. The summed E-state index contributed by atoms with van der Waals surface area (Å²) in [4.78, 5) is 14.4. The molecule has 1 fully saturated rings. The highest BCUT2D eigenvalue weighted by molar-refractivity contribution is 6.31. The minimum absolute atomic E-state index is 0.185. The van der Waals surface area contributed by atoms with Crippen molar-refractivity contribution in [3.63, 3.8) is 0 Å². The molecule has 1 aliphatic heterocycles. The zero-order chi connectivity index (χ0) is 13.7. The molecule has 1 atom stereocenters. The van der Waals surface area contributed by atoms with E-state index in [1.54, 1.807) is 0 Å². The monoisotopic (exact) mass is 299 g/mol. The molecule has 2 rings (SSSR count). The lowest BCUT2D eigenvalue weighted by molar-refractivity contribution is -0.131. The van der Waals surface area contributed by atoms with Crippen LogP contribution in [0.1, 0.15) is 31.2 Å².